The molecule has 0 N–H and O–H groups in total. The van der Waals surface area contributed by atoms with Gasteiger partial charge in [-0.25, -0.2) is 4.79 Å². The molecule has 2 fully saturated rings. The van der Waals surface area contributed by atoms with Gasteiger partial charge in [0.15, 0.2) is 6.10 Å². The highest BCUT2D eigenvalue weighted by Gasteiger charge is 2.45. The second-order valence-electron chi connectivity index (χ2n) is 7.76. The molecule has 1 aromatic rings. The Hall–Kier alpha value is -1.67. The van der Waals surface area contributed by atoms with Gasteiger partial charge in [-0.2, -0.15) is 13.2 Å². The van der Waals surface area contributed by atoms with E-state index in [9.17, 15) is 18.0 Å². The monoisotopic (exact) mass is 434 g/mol. The lowest BCUT2D eigenvalue weighted by atomic mass is 9.85. The molecule has 2 aliphatic heterocycles. The standard InChI is InChI=1S/C20H26ClF3N2O3/c1-14(20(22,23)24)29-18(27)25-10-7-19(8-11-25)6-3-9-26(19)13-15-4-5-16(21)12-17(15)28-2/h4-5,12,14H,3,6-11,13H2,1-2H3. The van der Waals surface area contributed by atoms with E-state index in [1.165, 1.54) is 4.90 Å². The van der Waals surface area contributed by atoms with Gasteiger partial charge in [0.05, 0.1) is 7.11 Å². The van der Waals surface area contributed by atoms with Crippen molar-refractivity contribution in [2.24, 2.45) is 0 Å². The molecular formula is C20H26ClF3N2O3. The van der Waals surface area contributed by atoms with Crippen molar-refractivity contribution in [2.45, 2.75) is 57.0 Å². The van der Waals surface area contributed by atoms with Crippen molar-refractivity contribution in [1.82, 2.24) is 9.80 Å². The highest BCUT2D eigenvalue weighted by molar-refractivity contribution is 6.30. The summed E-state index contributed by atoms with van der Waals surface area (Å²) < 4.78 is 48.0. The molecule has 0 aromatic heterocycles. The molecule has 29 heavy (non-hydrogen) atoms. The van der Waals surface area contributed by atoms with Gasteiger partial charge in [-0.1, -0.05) is 17.7 Å². The van der Waals surface area contributed by atoms with Gasteiger partial charge >= 0.3 is 12.3 Å². The van der Waals surface area contributed by atoms with Crippen LogP contribution in [0.15, 0.2) is 18.2 Å². The van der Waals surface area contributed by atoms with Crippen LogP contribution < -0.4 is 4.74 Å². The third-order valence-corrected chi connectivity index (χ3v) is 6.28. The van der Waals surface area contributed by atoms with Crippen molar-refractivity contribution in [2.75, 3.05) is 26.7 Å². The maximum atomic E-state index is 12.6. The van der Waals surface area contributed by atoms with Crippen LogP contribution in [0.25, 0.3) is 0 Å². The molecule has 1 atom stereocenters. The van der Waals surface area contributed by atoms with Crippen LogP contribution in [0.5, 0.6) is 5.75 Å². The van der Waals surface area contributed by atoms with E-state index in [2.05, 4.69) is 9.64 Å². The maximum absolute atomic E-state index is 12.6. The van der Waals surface area contributed by atoms with Gasteiger partial charge < -0.3 is 14.4 Å². The number of alkyl halides is 3. The van der Waals surface area contributed by atoms with E-state index >= 15 is 0 Å². The summed E-state index contributed by atoms with van der Waals surface area (Å²) in [5.74, 6) is 0.738. The Kier molecular flexibility index (Phi) is 6.53. The summed E-state index contributed by atoms with van der Waals surface area (Å²) in [7, 11) is 1.61. The summed E-state index contributed by atoms with van der Waals surface area (Å²) in [6.07, 6.45) is -4.08. The first-order chi connectivity index (χ1) is 13.6. The molecular weight excluding hydrogens is 409 g/mol. The van der Waals surface area contributed by atoms with E-state index in [4.69, 9.17) is 16.3 Å². The number of carbonyl (C=O) groups is 1. The number of hydrogen-bond acceptors (Lipinski definition) is 4. The molecule has 0 radical (unpaired) electrons. The minimum atomic E-state index is -4.55. The van der Waals surface area contributed by atoms with Gasteiger partial charge in [-0.3, -0.25) is 4.90 Å². The van der Waals surface area contributed by atoms with Crippen LogP contribution in [-0.2, 0) is 11.3 Å². The Morgan fingerprint density at radius 3 is 2.55 bits per heavy atom. The zero-order valence-corrected chi connectivity index (χ0v) is 17.4. The predicted molar refractivity (Wildman–Crippen MR) is 103 cm³/mol. The van der Waals surface area contributed by atoms with Crippen LogP contribution in [0.4, 0.5) is 18.0 Å². The molecule has 1 spiro atoms. The van der Waals surface area contributed by atoms with Gasteiger partial charge in [0.2, 0.25) is 0 Å². The van der Waals surface area contributed by atoms with Crippen molar-refractivity contribution < 1.29 is 27.4 Å². The molecule has 2 aliphatic rings. The van der Waals surface area contributed by atoms with Gasteiger partial charge in [-0.15, -0.1) is 0 Å². The molecule has 3 rings (SSSR count). The molecule has 0 bridgehead atoms. The Labute approximate surface area is 173 Å². The first kappa shape index (κ1) is 22.0. The van der Waals surface area contributed by atoms with Gasteiger partial charge in [0.1, 0.15) is 5.75 Å². The van der Waals surface area contributed by atoms with E-state index in [1.54, 1.807) is 13.2 Å². The Balaban J connectivity index is 1.62. The van der Waals surface area contributed by atoms with Crippen LogP contribution >= 0.6 is 11.6 Å². The number of methoxy groups -OCH3 is 1. The summed E-state index contributed by atoms with van der Waals surface area (Å²) in [6, 6.07) is 5.58. The van der Waals surface area contributed by atoms with Crippen molar-refractivity contribution in [1.29, 1.82) is 0 Å². The van der Waals surface area contributed by atoms with E-state index in [0.29, 0.717) is 37.5 Å². The maximum Gasteiger partial charge on any atom is 0.425 e. The molecule has 1 amide bonds. The number of hydrogen-bond donors (Lipinski definition) is 0. The lowest BCUT2D eigenvalue weighted by Gasteiger charge is -2.45. The molecule has 0 saturated carbocycles. The highest BCUT2D eigenvalue weighted by atomic mass is 35.5. The summed E-state index contributed by atoms with van der Waals surface area (Å²) in [5, 5.41) is 0.613. The average molecular weight is 435 g/mol. The Morgan fingerprint density at radius 1 is 1.24 bits per heavy atom. The summed E-state index contributed by atoms with van der Waals surface area (Å²) >= 11 is 6.05. The van der Waals surface area contributed by atoms with Crippen LogP contribution in [-0.4, -0.2) is 60.5 Å². The zero-order valence-electron chi connectivity index (χ0n) is 16.6. The molecule has 0 aliphatic carbocycles. The topological polar surface area (TPSA) is 42.0 Å². The summed E-state index contributed by atoms with van der Waals surface area (Å²) in [5.41, 5.74) is 0.982. The van der Waals surface area contributed by atoms with E-state index in [1.807, 2.05) is 12.1 Å². The van der Waals surface area contributed by atoms with E-state index < -0.39 is 18.4 Å². The highest BCUT2D eigenvalue weighted by Crippen LogP contribution is 2.40. The number of ether oxygens (including phenoxy) is 2. The van der Waals surface area contributed by atoms with Crippen LogP contribution in [0.3, 0.4) is 0 Å². The Bertz CT molecular complexity index is 736. The zero-order chi connectivity index (χ0) is 21.2. The molecule has 1 unspecified atom stereocenters. The minimum Gasteiger partial charge on any atom is -0.496 e. The Morgan fingerprint density at radius 2 is 1.93 bits per heavy atom. The van der Waals surface area contributed by atoms with Gasteiger partial charge in [0, 0.05) is 35.8 Å². The molecule has 9 heteroatoms. The quantitative estimate of drug-likeness (QED) is 0.678. The molecule has 1 aromatic carbocycles. The van der Waals surface area contributed by atoms with Crippen molar-refractivity contribution in [3.63, 3.8) is 0 Å². The van der Waals surface area contributed by atoms with Crippen LogP contribution in [0.1, 0.15) is 38.2 Å². The van der Waals surface area contributed by atoms with Crippen LogP contribution in [0, 0.1) is 0 Å². The lowest BCUT2D eigenvalue weighted by Crippen LogP contribution is -2.53. The van der Waals surface area contributed by atoms with Gasteiger partial charge in [0.25, 0.3) is 0 Å². The fourth-order valence-electron chi connectivity index (χ4n) is 4.26. The number of piperidine rings is 1. The third kappa shape index (κ3) is 4.91. The van der Waals surface area contributed by atoms with E-state index in [-0.39, 0.29) is 5.54 Å². The number of likely N-dealkylation sites (tertiary alicyclic amines) is 2. The number of nitrogens with zero attached hydrogens (tertiary/aromatic N) is 2. The SMILES string of the molecule is COc1cc(Cl)ccc1CN1CCCC12CCN(C(=O)OC(C)C(F)(F)F)CC2. The normalized spacial score (nSPS) is 20.7. The van der Waals surface area contributed by atoms with Crippen molar-refractivity contribution >= 4 is 17.7 Å². The fraction of sp³-hybridized carbons (Fsp3) is 0.650. The van der Waals surface area contributed by atoms with Crippen molar-refractivity contribution in [3.05, 3.63) is 28.8 Å². The first-order valence-electron chi connectivity index (χ1n) is 9.74. The first-order valence-corrected chi connectivity index (χ1v) is 10.1. The molecule has 2 heterocycles. The molecule has 2 saturated heterocycles. The average Bonchev–Trinajstić information content (AvgIpc) is 3.04. The smallest absolute Gasteiger partial charge is 0.425 e. The molecule has 162 valence electrons. The third-order valence-electron chi connectivity index (χ3n) is 6.04. The fourth-order valence-corrected chi connectivity index (χ4v) is 4.42. The number of rotatable bonds is 4. The minimum absolute atomic E-state index is 0.0585. The predicted octanol–water partition coefficient (Wildman–Crippen LogP) is 4.87. The number of halogens is 4. The van der Waals surface area contributed by atoms with E-state index in [0.717, 1.165) is 37.6 Å². The largest absolute Gasteiger partial charge is 0.496 e. The number of carbonyl (C=O) groups excluding carboxylic acids is 1. The summed E-state index contributed by atoms with van der Waals surface area (Å²) in [6.45, 7) is 3.26. The lowest BCUT2D eigenvalue weighted by molar-refractivity contribution is -0.200. The molecule has 5 nitrogen and oxygen atoms in total. The number of benzene rings is 1. The van der Waals surface area contributed by atoms with Crippen molar-refractivity contribution in [3.8, 4) is 5.75 Å². The second-order valence-corrected chi connectivity index (χ2v) is 8.20. The van der Waals surface area contributed by atoms with Crippen LogP contribution in [0.2, 0.25) is 5.02 Å². The second kappa shape index (κ2) is 8.60. The van der Waals surface area contributed by atoms with Gasteiger partial charge in [-0.05, 0) is 51.3 Å². The summed E-state index contributed by atoms with van der Waals surface area (Å²) in [4.78, 5) is 15.9. The number of amides is 1.